The van der Waals surface area contributed by atoms with Crippen LogP contribution in [0.4, 0.5) is 11.4 Å². The number of hydrogen-bond donors (Lipinski definition) is 4. The van der Waals surface area contributed by atoms with Gasteiger partial charge in [-0.1, -0.05) is 17.7 Å². The summed E-state index contributed by atoms with van der Waals surface area (Å²) in [6.45, 7) is 5.60. The third-order valence-corrected chi connectivity index (χ3v) is 9.21. The highest BCUT2D eigenvalue weighted by atomic mass is 79.9. The molecule has 0 radical (unpaired) electrons. The van der Waals surface area contributed by atoms with Crippen molar-refractivity contribution in [2.75, 3.05) is 17.6 Å². The van der Waals surface area contributed by atoms with Crippen LogP contribution in [-0.4, -0.2) is 28.7 Å². The summed E-state index contributed by atoms with van der Waals surface area (Å²) in [7, 11) is 0. The molecule has 4 aromatic rings. The number of rotatable bonds is 14. The van der Waals surface area contributed by atoms with E-state index in [-0.39, 0.29) is 12.8 Å². The van der Waals surface area contributed by atoms with Crippen molar-refractivity contribution in [3.8, 4) is 11.5 Å². The molecule has 0 aliphatic heterocycles. The van der Waals surface area contributed by atoms with Crippen molar-refractivity contribution < 1.29 is 29.3 Å². The number of nitrogen functional groups attached to an aromatic ring is 1. The molecular formula is C35H35Br4ClN2O6. The first kappa shape index (κ1) is 39.7. The lowest BCUT2D eigenvalue weighted by Gasteiger charge is -2.13. The molecule has 4 rings (SSSR count). The average Bonchev–Trinajstić information content (AvgIpc) is 2.98. The highest BCUT2D eigenvalue weighted by Gasteiger charge is 2.13. The van der Waals surface area contributed by atoms with Crippen molar-refractivity contribution in [1.82, 2.24) is 0 Å². The molecule has 0 fully saturated rings. The summed E-state index contributed by atoms with van der Waals surface area (Å²) in [5.41, 5.74) is 12.4. The SMILES string of the molecule is CCNc1cc(Cl)cc(COc2c(Br)cc(CCC(=O)O)cc2Br)c1.Cc1cc(N)cc(COc2c(Br)cc(CCC(=O)O)cc2Br)c1. The van der Waals surface area contributed by atoms with E-state index in [1.807, 2.05) is 74.5 Å². The molecule has 5 N–H and O–H groups in total. The Kier molecular flexibility index (Phi) is 16.1. The van der Waals surface area contributed by atoms with Gasteiger partial charge < -0.3 is 30.7 Å². The lowest BCUT2D eigenvalue weighted by Crippen LogP contribution is -2.01. The number of nitrogens with two attached hydrogens (primary N) is 1. The van der Waals surface area contributed by atoms with Crippen molar-refractivity contribution in [3.05, 3.63) is 111 Å². The molecule has 0 atom stereocenters. The fraction of sp³-hybridized carbons (Fsp3) is 0.257. The van der Waals surface area contributed by atoms with Gasteiger partial charge in [-0.05, 0) is 173 Å². The Labute approximate surface area is 318 Å². The van der Waals surface area contributed by atoms with E-state index in [0.29, 0.717) is 48.3 Å². The molecule has 0 saturated carbocycles. The van der Waals surface area contributed by atoms with Crippen molar-refractivity contribution in [1.29, 1.82) is 0 Å². The maximum absolute atomic E-state index is 10.7. The Hall–Kier alpha value is -2.77. The minimum atomic E-state index is -0.815. The molecule has 0 aliphatic rings. The third-order valence-electron chi connectivity index (χ3n) is 6.64. The highest BCUT2D eigenvalue weighted by Crippen LogP contribution is 2.37. The zero-order chi connectivity index (χ0) is 35.4. The summed E-state index contributed by atoms with van der Waals surface area (Å²) in [5, 5.41) is 21.4. The lowest BCUT2D eigenvalue weighted by molar-refractivity contribution is -0.138. The van der Waals surface area contributed by atoms with E-state index in [2.05, 4.69) is 69.0 Å². The minimum Gasteiger partial charge on any atom is -0.487 e. The van der Waals surface area contributed by atoms with Crippen LogP contribution in [0.15, 0.2) is 78.6 Å². The first-order valence-electron chi connectivity index (χ1n) is 14.8. The second-order valence-electron chi connectivity index (χ2n) is 10.8. The summed E-state index contributed by atoms with van der Waals surface area (Å²) in [6, 6.07) is 19.1. The normalized spacial score (nSPS) is 10.6. The number of carboxylic acids is 2. The Morgan fingerprint density at radius 2 is 1.17 bits per heavy atom. The second-order valence-corrected chi connectivity index (χ2v) is 14.6. The molecule has 256 valence electrons. The zero-order valence-corrected chi connectivity index (χ0v) is 33.3. The van der Waals surface area contributed by atoms with Crippen LogP contribution < -0.4 is 20.5 Å². The Morgan fingerprint density at radius 1 is 0.708 bits per heavy atom. The smallest absolute Gasteiger partial charge is 0.303 e. The van der Waals surface area contributed by atoms with Gasteiger partial charge in [-0.25, -0.2) is 0 Å². The number of benzene rings is 4. The van der Waals surface area contributed by atoms with Gasteiger partial charge in [-0.15, -0.1) is 0 Å². The van der Waals surface area contributed by atoms with Crippen LogP contribution in [0.3, 0.4) is 0 Å². The molecule has 0 amide bonds. The second kappa shape index (κ2) is 19.4. The summed E-state index contributed by atoms with van der Waals surface area (Å²) in [6.07, 6.45) is 1.13. The fourth-order valence-corrected chi connectivity index (χ4v) is 7.90. The topological polar surface area (TPSA) is 131 Å². The molecule has 48 heavy (non-hydrogen) atoms. The van der Waals surface area contributed by atoms with Crippen LogP contribution in [0.5, 0.6) is 11.5 Å². The van der Waals surface area contributed by atoms with E-state index in [9.17, 15) is 9.59 Å². The third kappa shape index (κ3) is 13.3. The molecule has 0 heterocycles. The molecule has 4 aromatic carbocycles. The first-order valence-corrected chi connectivity index (χ1v) is 18.3. The van der Waals surface area contributed by atoms with Crippen molar-refractivity contribution in [2.24, 2.45) is 0 Å². The van der Waals surface area contributed by atoms with E-state index in [1.165, 1.54) is 0 Å². The number of ether oxygens (including phenoxy) is 2. The van der Waals surface area contributed by atoms with E-state index >= 15 is 0 Å². The van der Waals surface area contributed by atoms with Gasteiger partial charge in [0, 0.05) is 35.8 Å². The van der Waals surface area contributed by atoms with E-state index in [4.69, 9.17) is 37.0 Å². The Bertz CT molecular complexity index is 1690. The number of aryl methyl sites for hydroxylation is 3. The van der Waals surface area contributed by atoms with Crippen LogP contribution in [-0.2, 0) is 35.6 Å². The van der Waals surface area contributed by atoms with Gasteiger partial charge in [0.25, 0.3) is 0 Å². The van der Waals surface area contributed by atoms with E-state index in [0.717, 1.165) is 57.9 Å². The van der Waals surface area contributed by atoms with Gasteiger partial charge in [0.15, 0.2) is 0 Å². The molecule has 13 heteroatoms. The summed E-state index contributed by atoms with van der Waals surface area (Å²) in [5.74, 6) is -0.271. The molecule has 0 unspecified atom stereocenters. The summed E-state index contributed by atoms with van der Waals surface area (Å²) in [4.78, 5) is 21.4. The predicted molar refractivity (Wildman–Crippen MR) is 205 cm³/mol. The van der Waals surface area contributed by atoms with Gasteiger partial charge in [0.05, 0.1) is 17.9 Å². The van der Waals surface area contributed by atoms with Crippen LogP contribution in [0.25, 0.3) is 0 Å². The molecule has 0 saturated heterocycles. The van der Waals surface area contributed by atoms with Crippen LogP contribution in [0, 0.1) is 6.92 Å². The molecule has 8 nitrogen and oxygen atoms in total. The number of carbonyl (C=O) groups is 2. The molecular weight excluding hydrogens is 899 g/mol. The number of carboxylic acid groups (broad SMARTS) is 2. The molecule has 0 aromatic heterocycles. The van der Waals surface area contributed by atoms with Crippen molar-refractivity contribution >= 4 is 98.6 Å². The van der Waals surface area contributed by atoms with Gasteiger partial charge in [-0.3, -0.25) is 9.59 Å². The molecule has 0 bridgehead atoms. The number of nitrogens with one attached hydrogen (secondary N) is 1. The maximum Gasteiger partial charge on any atom is 0.303 e. The number of halogens is 5. The standard InChI is InChI=1S/C18H18Br2ClNO3.C17H17Br2NO3/c1-2-22-14-6-12(5-13(21)9-14)10-25-18-15(19)7-11(8-16(18)20)3-4-17(23)24;1-10-4-12(6-13(20)5-10)9-23-17-14(18)7-11(8-15(17)19)2-3-16(21)22/h5-9,22H,2-4,10H2,1H3,(H,23,24);4-8H,2-3,9,20H2,1H3,(H,21,22). The zero-order valence-electron chi connectivity index (χ0n) is 26.2. The minimum absolute atomic E-state index is 0.0921. The fourth-order valence-electron chi connectivity index (χ4n) is 4.62. The Morgan fingerprint density at radius 3 is 1.58 bits per heavy atom. The Balaban J connectivity index is 0.000000261. The van der Waals surface area contributed by atoms with Crippen LogP contribution in [0.1, 0.15) is 47.6 Å². The maximum atomic E-state index is 10.7. The number of aliphatic carboxylic acids is 2. The van der Waals surface area contributed by atoms with Crippen molar-refractivity contribution in [3.63, 3.8) is 0 Å². The number of hydrogen-bond acceptors (Lipinski definition) is 6. The highest BCUT2D eigenvalue weighted by molar-refractivity contribution is 9.11. The van der Waals surface area contributed by atoms with E-state index < -0.39 is 11.9 Å². The summed E-state index contributed by atoms with van der Waals surface area (Å²) >= 11 is 20.1. The van der Waals surface area contributed by atoms with Crippen LogP contribution >= 0.6 is 75.3 Å². The molecule has 0 aliphatic carbocycles. The van der Waals surface area contributed by atoms with Gasteiger partial charge >= 0.3 is 11.9 Å². The summed E-state index contributed by atoms with van der Waals surface area (Å²) < 4.78 is 14.9. The molecule has 0 spiro atoms. The number of anilines is 2. The lowest BCUT2D eigenvalue weighted by atomic mass is 10.1. The van der Waals surface area contributed by atoms with E-state index in [1.54, 1.807) is 0 Å². The average molecular weight is 935 g/mol. The quantitative estimate of drug-likeness (QED) is 0.0920. The monoisotopic (exact) mass is 930 g/mol. The van der Waals surface area contributed by atoms with Crippen LogP contribution in [0.2, 0.25) is 5.02 Å². The predicted octanol–water partition coefficient (Wildman–Crippen LogP) is 10.6. The van der Waals surface area contributed by atoms with Gasteiger partial charge in [0.2, 0.25) is 0 Å². The van der Waals surface area contributed by atoms with Gasteiger partial charge in [-0.2, -0.15) is 0 Å². The first-order chi connectivity index (χ1) is 22.7. The largest absolute Gasteiger partial charge is 0.487 e. The van der Waals surface area contributed by atoms with Crippen molar-refractivity contribution in [2.45, 2.75) is 52.7 Å². The van der Waals surface area contributed by atoms with Gasteiger partial charge in [0.1, 0.15) is 24.7 Å².